The van der Waals surface area contributed by atoms with Crippen molar-refractivity contribution < 1.29 is 19.5 Å². The maximum absolute atomic E-state index is 13.2. The number of aromatic nitrogens is 2. The molecule has 3 N–H and O–H groups in total. The Morgan fingerprint density at radius 3 is 2.60 bits per heavy atom. The van der Waals surface area contributed by atoms with Gasteiger partial charge in [-0.3, -0.25) is 19.6 Å². The van der Waals surface area contributed by atoms with Gasteiger partial charge in [-0.2, -0.15) is 5.10 Å². The van der Waals surface area contributed by atoms with E-state index in [2.05, 4.69) is 15.7 Å². The van der Waals surface area contributed by atoms with Crippen LogP contribution in [0.1, 0.15) is 31.7 Å². The molecule has 1 unspecified atom stereocenters. The standard InChI is InChI=1S/C26H27N5O4/c1-15-8-20(32)9-21-22(15)13-30(23(21)33)14-26(24(34)28-25(35)29-26)19-6-4-17(5-7-19)18-10-27-31(12-18)11-16-2-3-16/h4-7,9-10,12,15-16,32H,2-3,8,11,13-14H2,1H3,(H2,28,29,34,35)/t15?,26-/m0/s1. The molecular formula is C26H27N5O4. The van der Waals surface area contributed by atoms with Gasteiger partial charge in [-0.05, 0) is 47.5 Å². The summed E-state index contributed by atoms with van der Waals surface area (Å²) in [6.45, 7) is 3.26. The van der Waals surface area contributed by atoms with Crippen molar-refractivity contribution in [1.82, 2.24) is 25.3 Å². The fourth-order valence-corrected chi connectivity index (χ4v) is 5.34. The second-order valence-electron chi connectivity index (χ2n) is 10.1. The highest BCUT2D eigenvalue weighted by molar-refractivity contribution is 6.08. The molecule has 0 bridgehead atoms. The third-order valence-corrected chi connectivity index (χ3v) is 7.50. The normalized spacial score (nSPS) is 26.1. The molecule has 0 spiro atoms. The first kappa shape index (κ1) is 21.6. The minimum Gasteiger partial charge on any atom is -0.512 e. The molecular weight excluding hydrogens is 446 g/mol. The monoisotopic (exact) mass is 473 g/mol. The molecule has 6 rings (SSSR count). The lowest BCUT2D eigenvalue weighted by atomic mass is 9.88. The summed E-state index contributed by atoms with van der Waals surface area (Å²) in [5.74, 6) is 0.212. The highest BCUT2D eigenvalue weighted by Gasteiger charge is 2.51. The van der Waals surface area contributed by atoms with Gasteiger partial charge in [0, 0.05) is 36.8 Å². The summed E-state index contributed by atoms with van der Waals surface area (Å²) < 4.78 is 1.97. The van der Waals surface area contributed by atoms with Gasteiger partial charge >= 0.3 is 6.03 Å². The number of hydrogen-bond acceptors (Lipinski definition) is 5. The molecule has 1 saturated carbocycles. The van der Waals surface area contributed by atoms with E-state index in [1.54, 1.807) is 4.90 Å². The number of imide groups is 1. The van der Waals surface area contributed by atoms with E-state index in [9.17, 15) is 19.5 Å². The zero-order chi connectivity index (χ0) is 24.3. The summed E-state index contributed by atoms with van der Waals surface area (Å²) in [4.78, 5) is 40.0. The number of amides is 4. The summed E-state index contributed by atoms with van der Waals surface area (Å²) in [7, 11) is 0. The van der Waals surface area contributed by atoms with Crippen molar-refractivity contribution in [1.29, 1.82) is 0 Å². The molecule has 35 heavy (non-hydrogen) atoms. The predicted molar refractivity (Wildman–Crippen MR) is 127 cm³/mol. The van der Waals surface area contributed by atoms with Gasteiger partial charge in [0.05, 0.1) is 18.5 Å². The van der Waals surface area contributed by atoms with Crippen molar-refractivity contribution in [3.05, 3.63) is 65.2 Å². The summed E-state index contributed by atoms with van der Waals surface area (Å²) in [5.41, 5.74) is 2.58. The Kier molecular flexibility index (Phi) is 4.84. The lowest BCUT2D eigenvalue weighted by molar-refractivity contribution is -0.129. The van der Waals surface area contributed by atoms with Gasteiger partial charge in [-0.1, -0.05) is 31.2 Å². The molecule has 1 aromatic carbocycles. The van der Waals surface area contributed by atoms with E-state index < -0.39 is 17.5 Å². The SMILES string of the molecule is CC1CC(O)=CC2=C1CN(C[C@@]1(c3ccc(-c4cnn(CC5CC5)c4)cc3)NC(=O)NC1=O)C2=O. The maximum atomic E-state index is 13.2. The molecule has 9 nitrogen and oxygen atoms in total. The number of nitrogens with zero attached hydrogens (tertiary/aromatic N) is 3. The molecule has 4 amide bonds. The van der Waals surface area contributed by atoms with Gasteiger partial charge in [0.1, 0.15) is 0 Å². The van der Waals surface area contributed by atoms with E-state index in [4.69, 9.17) is 0 Å². The fraction of sp³-hybridized carbons (Fsp3) is 0.385. The number of allylic oxidation sites excluding steroid dienone is 1. The van der Waals surface area contributed by atoms with Crippen LogP contribution < -0.4 is 10.6 Å². The lowest BCUT2D eigenvalue weighted by Crippen LogP contribution is -2.53. The van der Waals surface area contributed by atoms with Crippen molar-refractivity contribution in [3.8, 4) is 11.1 Å². The smallest absolute Gasteiger partial charge is 0.322 e. The first-order valence-electron chi connectivity index (χ1n) is 12.0. The van der Waals surface area contributed by atoms with Crippen LogP contribution in [0.25, 0.3) is 11.1 Å². The van der Waals surface area contributed by atoms with E-state index in [0.29, 0.717) is 24.1 Å². The fourth-order valence-electron chi connectivity index (χ4n) is 5.34. The quantitative estimate of drug-likeness (QED) is 0.558. The van der Waals surface area contributed by atoms with Crippen LogP contribution in [-0.4, -0.2) is 50.7 Å². The summed E-state index contributed by atoms with van der Waals surface area (Å²) >= 11 is 0. The summed E-state index contributed by atoms with van der Waals surface area (Å²) in [5, 5.41) is 19.6. The van der Waals surface area contributed by atoms with Gasteiger partial charge in [0.15, 0.2) is 5.54 Å². The van der Waals surface area contributed by atoms with Crippen molar-refractivity contribution in [2.45, 2.75) is 38.3 Å². The Balaban J connectivity index is 1.27. The average molecular weight is 474 g/mol. The van der Waals surface area contributed by atoms with Crippen LogP contribution in [0.2, 0.25) is 0 Å². The Morgan fingerprint density at radius 2 is 1.91 bits per heavy atom. The van der Waals surface area contributed by atoms with Crippen LogP contribution in [0.5, 0.6) is 0 Å². The van der Waals surface area contributed by atoms with Crippen molar-refractivity contribution in [3.63, 3.8) is 0 Å². The molecule has 9 heteroatoms. The van der Waals surface area contributed by atoms with Gasteiger partial charge in [0.25, 0.3) is 11.8 Å². The number of rotatable bonds is 6. The summed E-state index contributed by atoms with van der Waals surface area (Å²) in [6.07, 6.45) is 8.38. The van der Waals surface area contributed by atoms with E-state index >= 15 is 0 Å². The molecule has 1 saturated heterocycles. The number of benzene rings is 1. The van der Waals surface area contributed by atoms with Crippen LogP contribution in [0, 0.1) is 11.8 Å². The number of carbonyl (C=O) groups excluding carboxylic acids is 3. The number of hydrogen-bond donors (Lipinski definition) is 3. The van der Waals surface area contributed by atoms with Gasteiger partial charge < -0.3 is 15.3 Å². The van der Waals surface area contributed by atoms with Crippen LogP contribution in [0.4, 0.5) is 4.79 Å². The highest BCUT2D eigenvalue weighted by atomic mass is 16.3. The first-order chi connectivity index (χ1) is 16.8. The van der Waals surface area contributed by atoms with Crippen molar-refractivity contribution in [2.75, 3.05) is 13.1 Å². The second kappa shape index (κ2) is 7.83. The number of urea groups is 1. The molecule has 2 aliphatic carbocycles. The highest BCUT2D eigenvalue weighted by Crippen LogP contribution is 2.37. The molecule has 2 atom stereocenters. The minimum atomic E-state index is -1.40. The minimum absolute atomic E-state index is 0.00358. The Hall–Kier alpha value is -3.88. The van der Waals surface area contributed by atoms with Crippen molar-refractivity contribution in [2.24, 2.45) is 11.8 Å². The zero-order valence-corrected chi connectivity index (χ0v) is 19.5. The average Bonchev–Trinajstić information content (AvgIpc) is 3.30. The van der Waals surface area contributed by atoms with Crippen LogP contribution in [-0.2, 0) is 21.7 Å². The van der Waals surface area contributed by atoms with Gasteiger partial charge in [-0.15, -0.1) is 0 Å². The summed E-state index contributed by atoms with van der Waals surface area (Å²) in [6, 6.07) is 6.87. The Bertz CT molecular complexity index is 1300. The molecule has 4 aliphatic rings. The molecule has 1 aromatic heterocycles. The third kappa shape index (κ3) is 3.71. The molecule has 180 valence electrons. The van der Waals surface area contributed by atoms with Gasteiger partial charge in [0.2, 0.25) is 0 Å². The Labute approximate surface area is 202 Å². The van der Waals surface area contributed by atoms with Crippen LogP contribution in [0.3, 0.4) is 0 Å². The van der Waals surface area contributed by atoms with E-state index in [-0.39, 0.29) is 24.1 Å². The maximum Gasteiger partial charge on any atom is 0.322 e. The van der Waals surface area contributed by atoms with E-state index in [1.165, 1.54) is 18.9 Å². The van der Waals surface area contributed by atoms with Crippen molar-refractivity contribution >= 4 is 17.8 Å². The van der Waals surface area contributed by atoms with Gasteiger partial charge in [-0.25, -0.2) is 4.79 Å². The Morgan fingerprint density at radius 1 is 1.14 bits per heavy atom. The first-order valence-corrected chi connectivity index (χ1v) is 12.0. The van der Waals surface area contributed by atoms with E-state index in [1.807, 2.05) is 48.3 Å². The van der Waals surface area contributed by atoms with Crippen LogP contribution in [0.15, 0.2) is 59.6 Å². The largest absolute Gasteiger partial charge is 0.512 e. The van der Waals surface area contributed by atoms with E-state index in [0.717, 1.165) is 29.2 Å². The third-order valence-electron chi connectivity index (χ3n) is 7.50. The second-order valence-corrected chi connectivity index (χ2v) is 10.1. The lowest BCUT2D eigenvalue weighted by Gasteiger charge is -2.32. The zero-order valence-electron chi connectivity index (χ0n) is 19.5. The molecule has 2 aliphatic heterocycles. The number of nitrogens with one attached hydrogen (secondary N) is 2. The number of aliphatic hydroxyl groups is 1. The molecule has 0 radical (unpaired) electrons. The molecule has 2 fully saturated rings. The number of carbonyl (C=O) groups is 3. The predicted octanol–water partition coefficient (Wildman–Crippen LogP) is 2.62. The number of aliphatic hydroxyl groups excluding tert-OH is 1. The van der Waals surface area contributed by atoms with Crippen LogP contribution >= 0.6 is 0 Å². The molecule has 3 heterocycles. The molecule has 2 aromatic rings. The topological polar surface area (TPSA) is 117 Å².